The van der Waals surface area contributed by atoms with Crippen LogP contribution in [0.15, 0.2) is 85.2 Å². The average molecular weight is 611 g/mol. The number of alkyl halides is 2. The van der Waals surface area contributed by atoms with Crippen molar-refractivity contribution in [2.24, 2.45) is 0 Å². The zero-order valence-corrected chi connectivity index (χ0v) is 23.4. The average Bonchev–Trinajstić information content (AvgIpc) is 3.00. The number of halogens is 7. The van der Waals surface area contributed by atoms with Crippen molar-refractivity contribution in [3.63, 3.8) is 0 Å². The minimum Gasteiger partial charge on any atom is -0.429 e. The molecule has 0 amide bonds. The largest absolute Gasteiger partial charge is 0.429 e. The second-order valence-corrected chi connectivity index (χ2v) is 10.2. The highest BCUT2D eigenvalue weighted by atomic mass is 19.3. The molecule has 0 spiro atoms. The highest BCUT2D eigenvalue weighted by molar-refractivity contribution is 5.72. The van der Waals surface area contributed by atoms with Gasteiger partial charge in [-0.15, -0.1) is 0 Å². The highest BCUT2D eigenvalue weighted by Crippen LogP contribution is 2.36. The number of ether oxygens (including phenoxy) is 1. The van der Waals surface area contributed by atoms with Crippen LogP contribution in [0.3, 0.4) is 0 Å². The fraction of sp³-hybridized carbons (Fsp3) is 0.176. The molecule has 0 N–H and O–H groups in total. The number of aromatic nitrogens is 2. The number of aryl methyl sites for hydroxylation is 1. The number of nitrogens with zero attached hydrogens (tertiary/aromatic N) is 2. The molecule has 226 valence electrons. The molecule has 0 aliphatic heterocycles. The van der Waals surface area contributed by atoms with Gasteiger partial charge in [-0.1, -0.05) is 44.0 Å². The van der Waals surface area contributed by atoms with Crippen LogP contribution in [0.5, 0.6) is 5.75 Å². The van der Waals surface area contributed by atoms with Crippen LogP contribution < -0.4 is 4.74 Å². The normalized spacial score (nSPS) is 11.5. The van der Waals surface area contributed by atoms with Gasteiger partial charge >= 0.3 is 6.11 Å². The van der Waals surface area contributed by atoms with Crippen LogP contribution in [-0.2, 0) is 12.5 Å². The molecular formula is C34H25F7N2O. The lowest BCUT2D eigenvalue weighted by atomic mass is 9.99. The van der Waals surface area contributed by atoms with E-state index in [-0.39, 0.29) is 22.3 Å². The molecule has 0 aliphatic carbocycles. The molecule has 0 saturated heterocycles. The third kappa shape index (κ3) is 6.74. The van der Waals surface area contributed by atoms with E-state index in [1.54, 1.807) is 12.4 Å². The van der Waals surface area contributed by atoms with Crippen molar-refractivity contribution in [3.8, 4) is 39.4 Å². The third-order valence-electron chi connectivity index (χ3n) is 7.01. The summed E-state index contributed by atoms with van der Waals surface area (Å²) < 4.78 is 105. The molecule has 5 aromatic rings. The van der Waals surface area contributed by atoms with Crippen molar-refractivity contribution >= 4 is 0 Å². The molecule has 0 unspecified atom stereocenters. The first-order valence-corrected chi connectivity index (χ1v) is 13.8. The number of hydrogen-bond donors (Lipinski definition) is 0. The minimum atomic E-state index is -3.82. The van der Waals surface area contributed by atoms with Crippen molar-refractivity contribution in [2.75, 3.05) is 0 Å². The van der Waals surface area contributed by atoms with E-state index in [2.05, 4.69) is 16.9 Å². The summed E-state index contributed by atoms with van der Waals surface area (Å²) in [5.41, 5.74) is 0.440. The van der Waals surface area contributed by atoms with Crippen LogP contribution in [0.1, 0.15) is 37.3 Å². The quantitative estimate of drug-likeness (QED) is 0.0897. The van der Waals surface area contributed by atoms with Crippen LogP contribution in [0.4, 0.5) is 30.7 Å². The topological polar surface area (TPSA) is 35.0 Å². The van der Waals surface area contributed by atoms with Crippen LogP contribution in [-0.4, -0.2) is 9.97 Å². The monoisotopic (exact) mass is 610 g/mol. The Morgan fingerprint density at radius 2 is 1.20 bits per heavy atom. The van der Waals surface area contributed by atoms with Gasteiger partial charge in [-0.2, -0.15) is 8.78 Å². The molecule has 0 fully saturated rings. The van der Waals surface area contributed by atoms with Crippen LogP contribution in [0.2, 0.25) is 0 Å². The standard InChI is InChI=1S/C34H25F7N2O/c1-2-3-4-5-20-18-42-33(43-19-20)21-6-9-24(10-7-21)34(40,41)44-25-11-13-26(29(36)17-25)22-8-12-27(28(35)14-22)23-15-30(37)32(39)31(38)16-23/h6-19H,2-5H2,1H3. The van der Waals surface area contributed by atoms with Gasteiger partial charge in [0, 0.05) is 35.2 Å². The SMILES string of the molecule is CCCCCc1cnc(-c2ccc(C(F)(F)Oc3ccc(-c4ccc(-c5cc(F)c(F)c(F)c5)c(F)c4)c(F)c3)cc2)nc1. The third-order valence-corrected chi connectivity index (χ3v) is 7.01. The summed E-state index contributed by atoms with van der Waals surface area (Å²) in [4.78, 5) is 8.65. The summed E-state index contributed by atoms with van der Waals surface area (Å²) in [6, 6.07) is 12.8. The maximum absolute atomic E-state index is 15.0. The van der Waals surface area contributed by atoms with E-state index in [4.69, 9.17) is 4.74 Å². The summed E-state index contributed by atoms with van der Waals surface area (Å²) in [5.74, 6) is -6.70. The number of unbranched alkanes of at least 4 members (excludes halogenated alkanes) is 2. The molecule has 44 heavy (non-hydrogen) atoms. The van der Waals surface area contributed by atoms with Crippen molar-refractivity contribution in [2.45, 2.75) is 38.7 Å². The smallest absolute Gasteiger partial charge is 0.426 e. The van der Waals surface area contributed by atoms with E-state index in [9.17, 15) is 30.7 Å². The van der Waals surface area contributed by atoms with E-state index >= 15 is 0 Å². The Morgan fingerprint density at radius 1 is 0.636 bits per heavy atom. The van der Waals surface area contributed by atoms with Crippen molar-refractivity contribution < 1.29 is 35.5 Å². The summed E-state index contributed by atoms with van der Waals surface area (Å²) in [6.07, 6.45) is 3.74. The first-order valence-electron chi connectivity index (χ1n) is 13.8. The lowest BCUT2D eigenvalue weighted by Gasteiger charge is -2.19. The van der Waals surface area contributed by atoms with Gasteiger partial charge in [0.25, 0.3) is 0 Å². The minimum absolute atomic E-state index is 0.0249. The van der Waals surface area contributed by atoms with E-state index in [1.165, 1.54) is 30.3 Å². The van der Waals surface area contributed by atoms with E-state index in [1.807, 2.05) is 0 Å². The Bertz CT molecular complexity index is 1750. The Hall–Kier alpha value is -4.73. The molecule has 3 nitrogen and oxygen atoms in total. The Morgan fingerprint density at radius 3 is 1.82 bits per heavy atom. The molecule has 4 aromatic carbocycles. The molecule has 0 radical (unpaired) electrons. The molecule has 0 aliphatic rings. The lowest BCUT2D eigenvalue weighted by Crippen LogP contribution is -2.21. The Kier molecular flexibility index (Phi) is 8.98. The van der Waals surface area contributed by atoms with Gasteiger partial charge in [0.2, 0.25) is 0 Å². The zero-order valence-electron chi connectivity index (χ0n) is 23.4. The fourth-order valence-electron chi connectivity index (χ4n) is 4.65. The summed E-state index contributed by atoms with van der Waals surface area (Å²) in [6.45, 7) is 2.12. The molecule has 10 heteroatoms. The van der Waals surface area contributed by atoms with Crippen molar-refractivity contribution in [3.05, 3.63) is 125 Å². The first-order chi connectivity index (χ1) is 21.1. The van der Waals surface area contributed by atoms with E-state index < -0.39 is 46.5 Å². The van der Waals surface area contributed by atoms with Crippen molar-refractivity contribution in [1.29, 1.82) is 0 Å². The Labute approximate surface area is 249 Å². The number of hydrogen-bond acceptors (Lipinski definition) is 3. The molecule has 0 saturated carbocycles. The van der Waals surface area contributed by atoms with Gasteiger partial charge in [-0.3, -0.25) is 0 Å². The van der Waals surface area contributed by atoms with Gasteiger partial charge in [-0.25, -0.2) is 31.9 Å². The zero-order chi connectivity index (χ0) is 31.4. The number of rotatable bonds is 10. The van der Waals surface area contributed by atoms with Gasteiger partial charge in [0.15, 0.2) is 23.3 Å². The lowest BCUT2D eigenvalue weighted by molar-refractivity contribution is -0.185. The molecule has 5 rings (SSSR count). The summed E-state index contributed by atoms with van der Waals surface area (Å²) in [7, 11) is 0. The van der Waals surface area contributed by atoms with E-state index in [0.717, 1.165) is 61.6 Å². The van der Waals surface area contributed by atoms with Crippen LogP contribution in [0, 0.1) is 29.1 Å². The molecule has 1 aromatic heterocycles. The molecule has 0 atom stereocenters. The van der Waals surface area contributed by atoms with Crippen LogP contribution >= 0.6 is 0 Å². The number of benzene rings is 4. The van der Waals surface area contributed by atoms with Gasteiger partial charge in [0.1, 0.15) is 17.4 Å². The second-order valence-electron chi connectivity index (χ2n) is 10.2. The second kappa shape index (κ2) is 12.9. The van der Waals surface area contributed by atoms with E-state index in [0.29, 0.717) is 23.5 Å². The van der Waals surface area contributed by atoms with Crippen LogP contribution in [0.25, 0.3) is 33.6 Å². The molecule has 0 bridgehead atoms. The summed E-state index contributed by atoms with van der Waals surface area (Å²) >= 11 is 0. The van der Waals surface area contributed by atoms with Gasteiger partial charge in [0.05, 0.1) is 5.56 Å². The van der Waals surface area contributed by atoms with Gasteiger partial charge in [-0.05, 0) is 72.0 Å². The maximum atomic E-state index is 15.0. The predicted octanol–water partition coefficient (Wildman–Crippen LogP) is 10.0. The highest BCUT2D eigenvalue weighted by Gasteiger charge is 2.35. The summed E-state index contributed by atoms with van der Waals surface area (Å²) in [5, 5.41) is 0. The first kappa shape index (κ1) is 30.7. The predicted molar refractivity (Wildman–Crippen MR) is 152 cm³/mol. The fourth-order valence-corrected chi connectivity index (χ4v) is 4.65. The molecule has 1 heterocycles. The van der Waals surface area contributed by atoms with Crippen molar-refractivity contribution in [1.82, 2.24) is 9.97 Å². The maximum Gasteiger partial charge on any atom is 0.426 e. The molecular weight excluding hydrogens is 585 g/mol. The van der Waals surface area contributed by atoms with Gasteiger partial charge < -0.3 is 4.74 Å². The Balaban J connectivity index is 1.29.